The minimum absolute atomic E-state index is 0.120. The lowest BCUT2D eigenvalue weighted by atomic mass is 9.98. The average Bonchev–Trinajstić information content (AvgIpc) is 2.70. The molecule has 35 heavy (non-hydrogen) atoms. The van der Waals surface area contributed by atoms with Gasteiger partial charge in [0.2, 0.25) is 12.4 Å². The van der Waals surface area contributed by atoms with Gasteiger partial charge in [0.1, 0.15) is 18.8 Å². The van der Waals surface area contributed by atoms with Crippen LogP contribution in [0.3, 0.4) is 0 Å². The summed E-state index contributed by atoms with van der Waals surface area (Å²) in [4.78, 5) is 66.9. The number of aliphatic carboxylic acids is 1. The number of aliphatic hydroxyl groups excluding tert-OH is 1. The molecular formula is C20H31NO14. The summed E-state index contributed by atoms with van der Waals surface area (Å²) >= 11 is 0. The van der Waals surface area contributed by atoms with E-state index in [-0.39, 0.29) is 13.0 Å². The molecule has 0 bridgehead atoms. The molecule has 0 radical (unpaired) electrons. The van der Waals surface area contributed by atoms with Crippen molar-refractivity contribution in [2.24, 2.45) is 5.73 Å². The van der Waals surface area contributed by atoms with Crippen LogP contribution in [0.5, 0.6) is 0 Å². The first-order valence-corrected chi connectivity index (χ1v) is 10.3. The molecule has 1 heterocycles. The third-order valence-corrected chi connectivity index (χ3v) is 3.99. The summed E-state index contributed by atoms with van der Waals surface area (Å²) in [5, 5.41) is 16.2. The van der Waals surface area contributed by atoms with Crippen LogP contribution in [0.1, 0.15) is 41.0 Å². The van der Waals surface area contributed by atoms with Crippen LogP contribution in [0, 0.1) is 0 Å². The molecule has 0 amide bonds. The van der Waals surface area contributed by atoms with Gasteiger partial charge in [-0.25, -0.2) is 0 Å². The highest BCUT2D eigenvalue weighted by molar-refractivity contribution is 5.73. The van der Waals surface area contributed by atoms with E-state index >= 15 is 0 Å². The number of carboxylic acids is 1. The van der Waals surface area contributed by atoms with Crippen molar-refractivity contribution in [2.75, 3.05) is 13.2 Å². The highest BCUT2D eigenvalue weighted by Crippen LogP contribution is 2.30. The molecule has 1 aliphatic rings. The topological polar surface area (TPSA) is 224 Å². The van der Waals surface area contributed by atoms with Crippen LogP contribution in [0.15, 0.2) is 0 Å². The van der Waals surface area contributed by atoms with Crippen molar-refractivity contribution in [3.63, 3.8) is 0 Å². The van der Waals surface area contributed by atoms with Gasteiger partial charge in [-0.15, -0.1) is 0 Å². The first kappa shape index (κ1) is 31.7. The number of carbonyl (C=O) groups is 6. The van der Waals surface area contributed by atoms with Crippen LogP contribution >= 0.6 is 0 Å². The molecule has 6 atom stereocenters. The maximum Gasteiger partial charge on any atom is 0.320 e. The van der Waals surface area contributed by atoms with Gasteiger partial charge in [-0.1, -0.05) is 0 Å². The highest BCUT2D eigenvalue weighted by Gasteiger charge is 2.53. The lowest BCUT2D eigenvalue weighted by Crippen LogP contribution is -2.63. The van der Waals surface area contributed by atoms with Gasteiger partial charge in [-0.3, -0.25) is 28.8 Å². The Morgan fingerprint density at radius 1 is 0.771 bits per heavy atom. The minimum atomic E-state index is -1.48. The Labute approximate surface area is 200 Å². The van der Waals surface area contributed by atoms with E-state index in [1.54, 1.807) is 0 Å². The number of carbonyl (C=O) groups excluding carboxylic acids is 5. The lowest BCUT2D eigenvalue weighted by molar-refractivity contribution is -0.300. The molecule has 0 spiro atoms. The molecule has 0 aromatic rings. The first-order chi connectivity index (χ1) is 16.2. The van der Waals surface area contributed by atoms with E-state index in [2.05, 4.69) is 0 Å². The predicted molar refractivity (Wildman–Crippen MR) is 111 cm³/mol. The molecule has 4 N–H and O–H groups in total. The van der Waals surface area contributed by atoms with Gasteiger partial charge in [0, 0.05) is 41.2 Å². The number of esters is 5. The SMILES string of the molecule is CC(=O)OCC1OC(OC(C)=O)[C@@H](OC(C)=O)[C@@H](OC(C)=O)[C@H]1OC(C)=O.N[C@@H](CCO)C(=O)O. The maximum atomic E-state index is 11.5. The van der Waals surface area contributed by atoms with Crippen LogP contribution in [-0.2, 0) is 57.2 Å². The lowest BCUT2D eigenvalue weighted by Gasteiger charge is -2.43. The molecule has 1 aliphatic heterocycles. The number of rotatable bonds is 9. The average molecular weight is 509 g/mol. The number of aliphatic hydroxyl groups is 1. The Morgan fingerprint density at radius 3 is 1.60 bits per heavy atom. The first-order valence-electron chi connectivity index (χ1n) is 10.3. The summed E-state index contributed by atoms with van der Waals surface area (Å²) in [6.45, 7) is 4.96. The summed E-state index contributed by atoms with van der Waals surface area (Å²) < 4.78 is 30.8. The summed E-state index contributed by atoms with van der Waals surface area (Å²) in [5.74, 6) is -4.78. The molecule has 15 nitrogen and oxygen atoms in total. The molecule has 1 fully saturated rings. The number of hydrogen-bond acceptors (Lipinski definition) is 14. The molecular weight excluding hydrogens is 478 g/mol. The van der Waals surface area contributed by atoms with Gasteiger partial charge in [0.05, 0.1) is 0 Å². The van der Waals surface area contributed by atoms with E-state index < -0.39 is 79.2 Å². The largest absolute Gasteiger partial charge is 0.480 e. The Kier molecular flexibility index (Phi) is 14.1. The van der Waals surface area contributed by atoms with E-state index in [1.807, 2.05) is 0 Å². The minimum Gasteiger partial charge on any atom is -0.480 e. The molecule has 1 rings (SSSR count). The fourth-order valence-corrected chi connectivity index (χ4v) is 2.71. The number of carboxylic acid groups (broad SMARTS) is 1. The number of ether oxygens (including phenoxy) is 6. The summed E-state index contributed by atoms with van der Waals surface area (Å²) in [5.41, 5.74) is 4.97. The molecule has 0 aliphatic carbocycles. The van der Waals surface area contributed by atoms with Crippen LogP contribution in [-0.4, -0.2) is 96.0 Å². The van der Waals surface area contributed by atoms with E-state index in [4.69, 9.17) is 44.4 Å². The molecule has 0 aromatic heterocycles. The Hall–Kier alpha value is -3.30. The standard InChI is InChI=1S/C16H22O11.C4H9NO3/c1-7(17)22-6-12-13(23-8(2)18)14(24-9(3)19)15(25-10(4)20)16(27-12)26-11(5)21;5-3(1-2-6)4(7)8/h12-16H,6H2,1-5H3;3,6H,1-2,5H2,(H,7,8)/t12?,13-,14-,15-,16?;3-/m00/s1. The molecule has 1 saturated heterocycles. The fourth-order valence-electron chi connectivity index (χ4n) is 2.71. The Morgan fingerprint density at radius 2 is 1.23 bits per heavy atom. The monoisotopic (exact) mass is 509 g/mol. The Balaban J connectivity index is 0.00000124. The van der Waals surface area contributed by atoms with Crippen molar-refractivity contribution >= 4 is 35.8 Å². The normalized spacial score (nSPS) is 23.9. The second-order valence-corrected chi connectivity index (χ2v) is 7.13. The third kappa shape index (κ3) is 12.7. The van der Waals surface area contributed by atoms with Crippen molar-refractivity contribution in [1.29, 1.82) is 0 Å². The highest BCUT2D eigenvalue weighted by atomic mass is 16.7. The summed E-state index contributed by atoms with van der Waals surface area (Å²) in [7, 11) is 0. The van der Waals surface area contributed by atoms with Crippen molar-refractivity contribution in [3.05, 3.63) is 0 Å². The van der Waals surface area contributed by atoms with Crippen molar-refractivity contribution in [3.8, 4) is 0 Å². The Bertz CT molecular complexity index is 769. The zero-order chi connectivity index (χ0) is 27.3. The second kappa shape index (κ2) is 15.6. The van der Waals surface area contributed by atoms with Gasteiger partial charge < -0.3 is 44.4 Å². The van der Waals surface area contributed by atoms with Gasteiger partial charge >= 0.3 is 35.8 Å². The molecule has 0 aromatic carbocycles. The number of hydrogen-bond donors (Lipinski definition) is 3. The van der Waals surface area contributed by atoms with Crippen molar-refractivity contribution in [2.45, 2.75) is 77.8 Å². The fraction of sp³-hybridized carbons (Fsp3) is 0.700. The molecule has 15 heteroatoms. The van der Waals surface area contributed by atoms with E-state index in [9.17, 15) is 28.8 Å². The van der Waals surface area contributed by atoms with E-state index in [1.165, 1.54) is 0 Å². The zero-order valence-electron chi connectivity index (χ0n) is 20.0. The zero-order valence-corrected chi connectivity index (χ0v) is 20.0. The predicted octanol–water partition coefficient (Wildman–Crippen LogP) is -1.59. The van der Waals surface area contributed by atoms with E-state index in [0.29, 0.717) is 0 Å². The van der Waals surface area contributed by atoms with Crippen molar-refractivity contribution in [1.82, 2.24) is 0 Å². The van der Waals surface area contributed by atoms with Gasteiger partial charge in [-0.2, -0.15) is 0 Å². The third-order valence-electron chi connectivity index (χ3n) is 3.99. The van der Waals surface area contributed by atoms with Gasteiger partial charge in [-0.05, 0) is 6.42 Å². The summed E-state index contributed by atoms with van der Waals surface area (Å²) in [6, 6.07) is -0.917. The number of nitrogens with two attached hydrogens (primary N) is 1. The van der Waals surface area contributed by atoms with Crippen LogP contribution in [0.2, 0.25) is 0 Å². The molecule has 0 saturated carbocycles. The quantitative estimate of drug-likeness (QED) is 0.235. The smallest absolute Gasteiger partial charge is 0.320 e. The van der Waals surface area contributed by atoms with Crippen LogP contribution in [0.4, 0.5) is 0 Å². The van der Waals surface area contributed by atoms with E-state index in [0.717, 1.165) is 34.6 Å². The summed E-state index contributed by atoms with van der Waals surface area (Å²) in [6.07, 6.45) is -6.58. The van der Waals surface area contributed by atoms with Crippen molar-refractivity contribution < 1.29 is 67.4 Å². The molecule has 2 unspecified atom stereocenters. The second-order valence-electron chi connectivity index (χ2n) is 7.13. The van der Waals surface area contributed by atoms with Gasteiger partial charge in [0.15, 0.2) is 12.2 Å². The van der Waals surface area contributed by atoms with Gasteiger partial charge in [0.25, 0.3) is 0 Å². The van der Waals surface area contributed by atoms with Crippen LogP contribution in [0.25, 0.3) is 0 Å². The van der Waals surface area contributed by atoms with Crippen LogP contribution < -0.4 is 5.73 Å². The molecule has 200 valence electrons. The maximum absolute atomic E-state index is 11.5.